The maximum atomic E-state index is 11.8. The van der Waals surface area contributed by atoms with E-state index in [2.05, 4.69) is 10.5 Å². The second-order valence-corrected chi connectivity index (χ2v) is 5.19. The number of nitro groups is 1. The van der Waals surface area contributed by atoms with E-state index < -0.39 is 10.8 Å². The van der Waals surface area contributed by atoms with Crippen LogP contribution in [0.5, 0.6) is 5.75 Å². The van der Waals surface area contributed by atoms with E-state index >= 15 is 0 Å². The van der Waals surface area contributed by atoms with Gasteiger partial charge in [-0.15, -0.1) is 0 Å². The summed E-state index contributed by atoms with van der Waals surface area (Å²) in [5.41, 5.74) is 3.53. The van der Waals surface area contributed by atoms with Gasteiger partial charge in [0, 0.05) is 11.1 Å². The molecule has 0 unspecified atom stereocenters. The summed E-state index contributed by atoms with van der Waals surface area (Å²) in [4.78, 5) is 22.0. The van der Waals surface area contributed by atoms with Gasteiger partial charge in [-0.2, -0.15) is 5.10 Å². The normalized spacial score (nSPS) is 11.0. The molecule has 2 aromatic carbocycles. The number of hydrogen-bond acceptors (Lipinski definition) is 5. The summed E-state index contributed by atoms with van der Waals surface area (Å²) in [6, 6.07) is 12.8. The standard InChI is InChI=1S/C16H14ClN3O4/c1-11(12-6-8-13(17)9-7-12)18-19-16(21)10-24-15-5-3-2-4-14(15)20(22)23/h2-9H,10H2,1H3,(H,19,21)/b18-11-. The molecule has 0 aliphatic carbocycles. The van der Waals surface area contributed by atoms with Crippen molar-refractivity contribution in [3.63, 3.8) is 0 Å². The molecule has 1 N–H and O–H groups in total. The van der Waals surface area contributed by atoms with Crippen LogP contribution in [0.1, 0.15) is 12.5 Å². The van der Waals surface area contributed by atoms with E-state index in [0.29, 0.717) is 10.7 Å². The van der Waals surface area contributed by atoms with Crippen LogP contribution in [0.2, 0.25) is 5.02 Å². The van der Waals surface area contributed by atoms with Gasteiger partial charge in [-0.3, -0.25) is 14.9 Å². The Labute approximate surface area is 143 Å². The fourth-order valence-electron chi connectivity index (χ4n) is 1.81. The highest BCUT2D eigenvalue weighted by atomic mass is 35.5. The van der Waals surface area contributed by atoms with E-state index in [1.807, 2.05) is 0 Å². The SMILES string of the molecule is C/C(=N/NC(=O)COc1ccccc1[N+](=O)[O-])c1ccc(Cl)cc1. The Balaban J connectivity index is 1.93. The molecule has 0 aliphatic rings. The average Bonchev–Trinajstić information content (AvgIpc) is 2.58. The molecule has 1 amide bonds. The molecule has 7 nitrogen and oxygen atoms in total. The summed E-state index contributed by atoms with van der Waals surface area (Å²) in [5, 5.41) is 15.4. The Kier molecular flexibility index (Phi) is 5.86. The number of hydrogen-bond donors (Lipinski definition) is 1. The Morgan fingerprint density at radius 1 is 1.25 bits per heavy atom. The molecule has 0 saturated heterocycles. The van der Waals surface area contributed by atoms with E-state index in [1.54, 1.807) is 37.3 Å². The number of rotatable bonds is 6. The van der Waals surface area contributed by atoms with Crippen LogP contribution in [0.15, 0.2) is 53.6 Å². The van der Waals surface area contributed by atoms with Crippen molar-refractivity contribution >= 4 is 28.9 Å². The molecule has 0 heterocycles. The average molecular weight is 348 g/mol. The van der Waals surface area contributed by atoms with Crippen LogP contribution >= 0.6 is 11.6 Å². The Bertz CT molecular complexity index is 775. The third-order valence-corrected chi connectivity index (χ3v) is 3.28. The van der Waals surface area contributed by atoms with Crippen molar-refractivity contribution < 1.29 is 14.5 Å². The molecule has 0 saturated carbocycles. The number of ether oxygens (including phenoxy) is 1. The Morgan fingerprint density at radius 3 is 2.58 bits per heavy atom. The van der Waals surface area contributed by atoms with Gasteiger partial charge in [0.1, 0.15) is 0 Å². The van der Waals surface area contributed by atoms with Gasteiger partial charge in [0.25, 0.3) is 5.91 Å². The van der Waals surface area contributed by atoms with E-state index in [9.17, 15) is 14.9 Å². The highest BCUT2D eigenvalue weighted by Gasteiger charge is 2.14. The van der Waals surface area contributed by atoms with Gasteiger partial charge in [0.05, 0.1) is 10.6 Å². The van der Waals surface area contributed by atoms with Gasteiger partial charge in [-0.1, -0.05) is 35.9 Å². The van der Waals surface area contributed by atoms with Crippen LogP contribution < -0.4 is 10.2 Å². The van der Waals surface area contributed by atoms with Crippen LogP contribution in [-0.4, -0.2) is 23.1 Å². The lowest BCUT2D eigenvalue weighted by Crippen LogP contribution is -2.25. The quantitative estimate of drug-likeness (QED) is 0.493. The van der Waals surface area contributed by atoms with Gasteiger partial charge in [0.15, 0.2) is 12.4 Å². The van der Waals surface area contributed by atoms with Crippen molar-refractivity contribution in [1.82, 2.24) is 5.43 Å². The number of para-hydroxylation sites is 2. The first kappa shape index (κ1) is 17.4. The third kappa shape index (κ3) is 4.79. The first-order valence-electron chi connectivity index (χ1n) is 6.92. The highest BCUT2D eigenvalue weighted by Crippen LogP contribution is 2.25. The third-order valence-electron chi connectivity index (χ3n) is 3.03. The zero-order valence-electron chi connectivity index (χ0n) is 12.7. The van der Waals surface area contributed by atoms with Crippen molar-refractivity contribution in [2.24, 2.45) is 5.10 Å². The molecule has 0 spiro atoms. The molecule has 0 atom stereocenters. The zero-order valence-corrected chi connectivity index (χ0v) is 13.5. The smallest absolute Gasteiger partial charge is 0.310 e. The van der Waals surface area contributed by atoms with Crippen molar-refractivity contribution in [1.29, 1.82) is 0 Å². The molecule has 0 aromatic heterocycles. The van der Waals surface area contributed by atoms with E-state index in [-0.39, 0.29) is 18.0 Å². The molecule has 124 valence electrons. The summed E-state index contributed by atoms with van der Waals surface area (Å²) >= 11 is 5.80. The van der Waals surface area contributed by atoms with Gasteiger partial charge in [0.2, 0.25) is 0 Å². The van der Waals surface area contributed by atoms with Gasteiger partial charge < -0.3 is 4.74 Å². The minimum atomic E-state index is -0.573. The number of nitro benzene ring substituents is 1. The zero-order chi connectivity index (χ0) is 17.5. The minimum absolute atomic E-state index is 0.0241. The van der Waals surface area contributed by atoms with Gasteiger partial charge in [-0.05, 0) is 30.7 Å². The van der Waals surface area contributed by atoms with E-state index in [4.69, 9.17) is 16.3 Å². The first-order chi connectivity index (χ1) is 11.5. The molecule has 8 heteroatoms. The van der Waals surface area contributed by atoms with Crippen LogP contribution in [0.4, 0.5) is 5.69 Å². The second kappa shape index (κ2) is 8.07. The van der Waals surface area contributed by atoms with Crippen molar-refractivity contribution in [3.05, 3.63) is 69.2 Å². The fourth-order valence-corrected chi connectivity index (χ4v) is 1.93. The summed E-state index contributed by atoms with van der Waals surface area (Å²) in [7, 11) is 0. The summed E-state index contributed by atoms with van der Waals surface area (Å²) in [6.07, 6.45) is 0. The monoisotopic (exact) mass is 347 g/mol. The molecule has 0 bridgehead atoms. The maximum Gasteiger partial charge on any atom is 0.310 e. The number of benzene rings is 2. The molecule has 0 aliphatic heterocycles. The maximum absolute atomic E-state index is 11.8. The summed E-state index contributed by atoms with van der Waals surface area (Å²) < 4.78 is 5.17. The first-order valence-corrected chi connectivity index (χ1v) is 7.30. The number of nitrogens with zero attached hydrogens (tertiary/aromatic N) is 2. The van der Waals surface area contributed by atoms with Gasteiger partial charge >= 0.3 is 5.69 Å². The topological polar surface area (TPSA) is 93.8 Å². The largest absolute Gasteiger partial charge is 0.477 e. The van der Waals surface area contributed by atoms with Crippen LogP contribution in [-0.2, 0) is 4.79 Å². The van der Waals surface area contributed by atoms with Crippen molar-refractivity contribution in [2.45, 2.75) is 6.92 Å². The predicted octanol–water partition coefficient (Wildman–Crippen LogP) is 3.17. The lowest BCUT2D eigenvalue weighted by atomic mass is 10.1. The van der Waals surface area contributed by atoms with E-state index in [1.165, 1.54) is 18.2 Å². The lowest BCUT2D eigenvalue weighted by molar-refractivity contribution is -0.385. The predicted molar refractivity (Wildman–Crippen MR) is 90.4 cm³/mol. The molecular weight excluding hydrogens is 334 g/mol. The number of carbonyl (C=O) groups is 1. The molecule has 0 radical (unpaired) electrons. The Morgan fingerprint density at radius 2 is 1.92 bits per heavy atom. The van der Waals surface area contributed by atoms with E-state index in [0.717, 1.165) is 5.56 Å². The number of nitrogens with one attached hydrogen (secondary N) is 1. The minimum Gasteiger partial charge on any atom is -0.477 e. The van der Waals surface area contributed by atoms with Gasteiger partial charge in [-0.25, -0.2) is 5.43 Å². The van der Waals surface area contributed by atoms with Crippen LogP contribution in [0, 0.1) is 10.1 Å². The lowest BCUT2D eigenvalue weighted by Gasteiger charge is -2.06. The fraction of sp³-hybridized carbons (Fsp3) is 0.125. The highest BCUT2D eigenvalue weighted by molar-refractivity contribution is 6.30. The van der Waals surface area contributed by atoms with Crippen molar-refractivity contribution in [2.75, 3.05) is 6.61 Å². The molecular formula is C16H14ClN3O4. The number of amides is 1. The van der Waals surface area contributed by atoms with Crippen LogP contribution in [0.25, 0.3) is 0 Å². The summed E-state index contributed by atoms with van der Waals surface area (Å²) in [6.45, 7) is 1.34. The van der Waals surface area contributed by atoms with Crippen LogP contribution in [0.3, 0.4) is 0 Å². The number of carbonyl (C=O) groups excluding carboxylic acids is 1. The molecule has 24 heavy (non-hydrogen) atoms. The molecule has 2 aromatic rings. The summed E-state index contributed by atoms with van der Waals surface area (Å²) in [5.74, 6) is -0.502. The number of halogens is 1. The Hall–Kier alpha value is -2.93. The number of hydrazone groups is 1. The second-order valence-electron chi connectivity index (χ2n) is 4.75. The van der Waals surface area contributed by atoms with Crippen molar-refractivity contribution in [3.8, 4) is 5.75 Å². The molecule has 2 rings (SSSR count). The molecule has 0 fully saturated rings.